The Hall–Kier alpha value is -3.69. The fraction of sp³-hybridized carbons (Fsp3) is 0.458. The predicted octanol–water partition coefficient (Wildman–Crippen LogP) is 2.51. The standard InChI is InChI=1S/C24H32N8O2/c1-13-8-9-18-17(12-13)21(29-19-6-4-5-7-20(19)30-24(25)26)31-22(28-18)23(33)27-11-10-16-14(2)32-34-15(16)3/h8-9,12,19-20H,4-7,10-11H2,1-3H3,(H,27,33)(H4,25,26,30)(H,28,29,31)/t19-,20+/m0/s1. The number of hydrogen-bond acceptors (Lipinski definition) is 7. The number of carbonyl (C=O) groups is 1. The summed E-state index contributed by atoms with van der Waals surface area (Å²) in [7, 11) is 0. The number of amides is 1. The molecule has 2 atom stereocenters. The van der Waals surface area contributed by atoms with Gasteiger partial charge in [-0.15, -0.1) is 0 Å². The lowest BCUT2D eigenvalue weighted by Gasteiger charge is -2.30. The van der Waals surface area contributed by atoms with Crippen LogP contribution < -0.4 is 22.1 Å². The fourth-order valence-corrected chi connectivity index (χ4v) is 4.49. The van der Waals surface area contributed by atoms with Crippen LogP contribution in [0.15, 0.2) is 27.7 Å². The quantitative estimate of drug-likeness (QED) is 0.307. The Morgan fingerprint density at radius 3 is 2.71 bits per heavy atom. The van der Waals surface area contributed by atoms with E-state index in [1.165, 1.54) is 0 Å². The SMILES string of the molecule is Cc1ccc2nc(C(=O)NCCc3c(C)noc3C)nc(N[C@H]3CCCC[C@H]3N=C(N)N)c2c1. The van der Waals surface area contributed by atoms with Gasteiger partial charge in [0.25, 0.3) is 5.91 Å². The van der Waals surface area contributed by atoms with Gasteiger partial charge in [-0.25, -0.2) is 15.0 Å². The Kier molecular flexibility index (Phi) is 6.95. The van der Waals surface area contributed by atoms with E-state index >= 15 is 0 Å². The Morgan fingerprint density at radius 2 is 1.97 bits per heavy atom. The summed E-state index contributed by atoms with van der Waals surface area (Å²) in [4.78, 5) is 26.5. The number of nitrogens with one attached hydrogen (secondary N) is 2. The minimum absolute atomic E-state index is 0.0184. The molecule has 6 N–H and O–H groups in total. The highest BCUT2D eigenvalue weighted by Crippen LogP contribution is 2.28. The van der Waals surface area contributed by atoms with Crippen molar-refractivity contribution >= 4 is 28.6 Å². The summed E-state index contributed by atoms with van der Waals surface area (Å²) in [5.74, 6) is 1.25. The number of nitrogens with zero attached hydrogens (tertiary/aromatic N) is 4. The average molecular weight is 465 g/mol. The van der Waals surface area contributed by atoms with Gasteiger partial charge in [0.2, 0.25) is 5.82 Å². The van der Waals surface area contributed by atoms with Crippen molar-refractivity contribution in [1.29, 1.82) is 0 Å². The number of aryl methyl sites for hydroxylation is 3. The summed E-state index contributed by atoms with van der Waals surface area (Å²) >= 11 is 0. The summed E-state index contributed by atoms with van der Waals surface area (Å²) in [5, 5.41) is 11.3. The molecular weight excluding hydrogens is 432 g/mol. The third-order valence-electron chi connectivity index (χ3n) is 6.26. The molecular formula is C24H32N8O2. The summed E-state index contributed by atoms with van der Waals surface area (Å²) in [6, 6.07) is 5.88. The zero-order valence-electron chi connectivity index (χ0n) is 19.9. The number of nitrogens with two attached hydrogens (primary N) is 2. The van der Waals surface area contributed by atoms with Crippen molar-refractivity contribution in [3.8, 4) is 0 Å². The lowest BCUT2D eigenvalue weighted by Crippen LogP contribution is -2.38. The lowest BCUT2D eigenvalue weighted by molar-refractivity contribution is 0.0944. The first-order chi connectivity index (χ1) is 16.3. The minimum atomic E-state index is -0.332. The van der Waals surface area contributed by atoms with E-state index < -0.39 is 0 Å². The van der Waals surface area contributed by atoms with Crippen molar-refractivity contribution in [2.45, 2.75) is 65.0 Å². The number of guanidine groups is 1. The molecule has 1 fully saturated rings. The molecule has 0 unspecified atom stereocenters. The van der Waals surface area contributed by atoms with E-state index in [-0.39, 0.29) is 29.8 Å². The highest BCUT2D eigenvalue weighted by atomic mass is 16.5. The minimum Gasteiger partial charge on any atom is -0.370 e. The molecule has 0 radical (unpaired) electrons. The number of rotatable bonds is 7. The molecule has 0 bridgehead atoms. The Bertz CT molecular complexity index is 1200. The van der Waals surface area contributed by atoms with Gasteiger partial charge in [-0.1, -0.05) is 29.6 Å². The Morgan fingerprint density at radius 1 is 1.18 bits per heavy atom. The average Bonchev–Trinajstić information content (AvgIpc) is 3.12. The second-order valence-electron chi connectivity index (χ2n) is 8.88. The van der Waals surface area contributed by atoms with Gasteiger partial charge in [0.15, 0.2) is 5.96 Å². The maximum atomic E-state index is 13.0. The van der Waals surface area contributed by atoms with Crippen LogP contribution in [-0.2, 0) is 6.42 Å². The van der Waals surface area contributed by atoms with Gasteiger partial charge in [0, 0.05) is 17.5 Å². The molecule has 0 spiro atoms. The van der Waals surface area contributed by atoms with Crippen molar-refractivity contribution in [3.05, 3.63) is 46.6 Å². The molecule has 10 nitrogen and oxygen atoms in total. The first-order valence-corrected chi connectivity index (χ1v) is 11.7. The molecule has 2 aromatic heterocycles. The normalized spacial score (nSPS) is 18.0. The number of aromatic nitrogens is 3. The van der Waals surface area contributed by atoms with Crippen LogP contribution in [0.1, 0.15) is 58.9 Å². The number of benzene rings is 1. The molecule has 34 heavy (non-hydrogen) atoms. The van der Waals surface area contributed by atoms with E-state index in [1.807, 2.05) is 39.0 Å². The molecule has 1 aromatic carbocycles. The maximum absolute atomic E-state index is 13.0. The molecule has 3 aromatic rings. The molecule has 0 aliphatic heterocycles. The van der Waals surface area contributed by atoms with Gasteiger partial charge < -0.3 is 26.6 Å². The van der Waals surface area contributed by atoms with Crippen LogP contribution in [-0.4, -0.2) is 45.6 Å². The second-order valence-corrected chi connectivity index (χ2v) is 8.88. The van der Waals surface area contributed by atoms with Crippen molar-refractivity contribution in [3.63, 3.8) is 0 Å². The fourth-order valence-electron chi connectivity index (χ4n) is 4.49. The monoisotopic (exact) mass is 464 g/mol. The number of aliphatic imine (C=N–C) groups is 1. The van der Waals surface area contributed by atoms with Crippen LogP contribution in [0.5, 0.6) is 0 Å². The van der Waals surface area contributed by atoms with Gasteiger partial charge in [-0.05, 0) is 52.2 Å². The van der Waals surface area contributed by atoms with Crippen LogP contribution in [0.2, 0.25) is 0 Å². The predicted molar refractivity (Wildman–Crippen MR) is 132 cm³/mol. The van der Waals surface area contributed by atoms with Gasteiger partial charge in [0.1, 0.15) is 11.6 Å². The third-order valence-corrected chi connectivity index (χ3v) is 6.26. The van der Waals surface area contributed by atoms with E-state index in [0.717, 1.165) is 53.7 Å². The van der Waals surface area contributed by atoms with Crippen molar-refractivity contribution < 1.29 is 9.32 Å². The maximum Gasteiger partial charge on any atom is 0.289 e. The lowest BCUT2D eigenvalue weighted by atomic mass is 9.90. The third kappa shape index (κ3) is 5.27. The Labute approximate surface area is 198 Å². The summed E-state index contributed by atoms with van der Waals surface area (Å²) < 4.78 is 5.20. The molecule has 0 saturated heterocycles. The number of hydrogen-bond donors (Lipinski definition) is 4. The number of carbonyl (C=O) groups excluding carboxylic acids is 1. The van der Waals surface area contributed by atoms with Crippen LogP contribution in [0.25, 0.3) is 10.9 Å². The smallest absolute Gasteiger partial charge is 0.289 e. The zero-order chi connectivity index (χ0) is 24.2. The van der Waals surface area contributed by atoms with E-state index in [2.05, 4.69) is 30.8 Å². The Balaban J connectivity index is 1.58. The van der Waals surface area contributed by atoms with E-state index in [9.17, 15) is 4.79 Å². The van der Waals surface area contributed by atoms with E-state index in [1.54, 1.807) is 0 Å². The largest absolute Gasteiger partial charge is 0.370 e. The summed E-state index contributed by atoms with van der Waals surface area (Å²) in [6.07, 6.45) is 4.57. The van der Waals surface area contributed by atoms with Crippen LogP contribution in [0, 0.1) is 20.8 Å². The van der Waals surface area contributed by atoms with Gasteiger partial charge in [-0.3, -0.25) is 4.79 Å². The number of anilines is 1. The van der Waals surface area contributed by atoms with Gasteiger partial charge in [-0.2, -0.15) is 0 Å². The van der Waals surface area contributed by atoms with Gasteiger partial charge in [0.05, 0.1) is 23.3 Å². The molecule has 1 amide bonds. The van der Waals surface area contributed by atoms with Crippen LogP contribution >= 0.6 is 0 Å². The molecule has 2 heterocycles. The van der Waals surface area contributed by atoms with Crippen molar-refractivity contribution in [2.75, 3.05) is 11.9 Å². The van der Waals surface area contributed by atoms with Gasteiger partial charge >= 0.3 is 0 Å². The van der Waals surface area contributed by atoms with Crippen molar-refractivity contribution in [1.82, 2.24) is 20.4 Å². The van der Waals surface area contributed by atoms with Crippen LogP contribution in [0.4, 0.5) is 5.82 Å². The first kappa shape index (κ1) is 23.5. The molecule has 4 rings (SSSR count). The molecule has 1 aliphatic carbocycles. The molecule has 180 valence electrons. The highest BCUT2D eigenvalue weighted by Gasteiger charge is 2.26. The first-order valence-electron chi connectivity index (χ1n) is 11.7. The van der Waals surface area contributed by atoms with Crippen molar-refractivity contribution in [2.24, 2.45) is 16.5 Å². The second kappa shape index (κ2) is 10.1. The summed E-state index contributed by atoms with van der Waals surface area (Å²) in [5.41, 5.74) is 14.9. The van der Waals surface area contributed by atoms with E-state index in [0.29, 0.717) is 24.3 Å². The van der Waals surface area contributed by atoms with Crippen LogP contribution in [0.3, 0.4) is 0 Å². The molecule has 1 saturated carbocycles. The molecule has 1 aliphatic rings. The highest BCUT2D eigenvalue weighted by molar-refractivity contribution is 5.96. The molecule has 10 heteroatoms. The zero-order valence-corrected chi connectivity index (χ0v) is 19.9. The van der Waals surface area contributed by atoms with E-state index in [4.69, 9.17) is 16.0 Å². The topological polar surface area (TPSA) is 157 Å². The summed E-state index contributed by atoms with van der Waals surface area (Å²) in [6.45, 7) is 6.20. The number of fused-ring (bicyclic) bond motifs is 1.